The fraction of sp³-hybridized carbons (Fsp3) is 0.0476. The summed E-state index contributed by atoms with van der Waals surface area (Å²) in [6.45, 7) is 0. The highest BCUT2D eigenvalue weighted by atomic mass is 16.6. The molecule has 0 N–H and O–H groups in total. The fourth-order valence-corrected chi connectivity index (χ4v) is 3.86. The van der Waals surface area contributed by atoms with Crippen LogP contribution in [0.25, 0.3) is 11.1 Å². The van der Waals surface area contributed by atoms with Crippen molar-refractivity contribution in [3.05, 3.63) is 93.0 Å². The van der Waals surface area contributed by atoms with Crippen LogP contribution in [0.15, 0.2) is 60.7 Å². The van der Waals surface area contributed by atoms with Gasteiger partial charge in [-0.2, -0.15) is 0 Å². The molecule has 0 saturated heterocycles. The number of amides is 2. The Morgan fingerprint density at radius 1 is 0.778 bits per heavy atom. The summed E-state index contributed by atoms with van der Waals surface area (Å²) in [5.41, 5.74) is 5.12. The van der Waals surface area contributed by atoms with E-state index >= 15 is 0 Å². The van der Waals surface area contributed by atoms with Gasteiger partial charge in [-0.1, -0.05) is 18.2 Å². The Morgan fingerprint density at radius 2 is 1.37 bits per heavy atom. The number of carbonyl (C=O) groups is 2. The first-order chi connectivity index (χ1) is 13.0. The zero-order valence-electron chi connectivity index (χ0n) is 14.0. The molecule has 2 amide bonds. The maximum atomic E-state index is 12.7. The van der Waals surface area contributed by atoms with E-state index in [2.05, 4.69) is 0 Å². The van der Waals surface area contributed by atoms with Gasteiger partial charge >= 0.3 is 0 Å². The van der Waals surface area contributed by atoms with E-state index in [9.17, 15) is 19.7 Å². The second-order valence-corrected chi connectivity index (χ2v) is 6.61. The number of hydrogen-bond acceptors (Lipinski definition) is 4. The summed E-state index contributed by atoms with van der Waals surface area (Å²) in [6, 6.07) is 17.0. The smallest absolute Gasteiger partial charge is 0.268 e. The zero-order chi connectivity index (χ0) is 18.7. The highest BCUT2D eigenvalue weighted by Crippen LogP contribution is 2.40. The molecule has 0 aromatic heterocycles. The molecule has 0 saturated carbocycles. The van der Waals surface area contributed by atoms with E-state index < -0.39 is 4.92 Å². The Kier molecular flexibility index (Phi) is 3.06. The van der Waals surface area contributed by atoms with E-state index in [1.54, 1.807) is 42.5 Å². The summed E-state index contributed by atoms with van der Waals surface area (Å²) in [6.07, 6.45) is 0.531. The molecule has 0 radical (unpaired) electrons. The molecule has 0 spiro atoms. The van der Waals surface area contributed by atoms with Gasteiger partial charge in [0.2, 0.25) is 0 Å². The number of nitro benzene ring substituents is 1. The molecular weight excluding hydrogens is 344 g/mol. The van der Waals surface area contributed by atoms with Crippen LogP contribution in [-0.2, 0) is 6.42 Å². The lowest BCUT2D eigenvalue weighted by atomic mass is 10.0. The van der Waals surface area contributed by atoms with Crippen molar-refractivity contribution in [2.24, 2.45) is 0 Å². The average molecular weight is 356 g/mol. The van der Waals surface area contributed by atoms with Crippen molar-refractivity contribution in [3.63, 3.8) is 0 Å². The van der Waals surface area contributed by atoms with E-state index in [0.717, 1.165) is 22.3 Å². The lowest BCUT2D eigenvalue weighted by Gasteiger charge is -2.15. The third-order valence-corrected chi connectivity index (χ3v) is 5.11. The van der Waals surface area contributed by atoms with Gasteiger partial charge < -0.3 is 0 Å². The van der Waals surface area contributed by atoms with Crippen LogP contribution in [0.3, 0.4) is 0 Å². The topological polar surface area (TPSA) is 80.5 Å². The largest absolute Gasteiger partial charge is 0.269 e. The number of imide groups is 1. The molecule has 5 rings (SSSR count). The number of fused-ring (bicyclic) bond motifs is 4. The first-order valence-corrected chi connectivity index (χ1v) is 8.43. The third-order valence-electron chi connectivity index (χ3n) is 5.11. The maximum absolute atomic E-state index is 12.7. The summed E-state index contributed by atoms with van der Waals surface area (Å²) < 4.78 is 0. The Morgan fingerprint density at radius 3 is 2.00 bits per heavy atom. The highest BCUT2D eigenvalue weighted by molar-refractivity contribution is 6.34. The first-order valence-electron chi connectivity index (χ1n) is 8.43. The Balaban J connectivity index is 1.55. The monoisotopic (exact) mass is 356 g/mol. The van der Waals surface area contributed by atoms with Crippen molar-refractivity contribution in [2.75, 3.05) is 4.90 Å². The van der Waals surface area contributed by atoms with E-state index in [-0.39, 0.29) is 17.5 Å². The van der Waals surface area contributed by atoms with Crippen LogP contribution in [0, 0.1) is 10.1 Å². The molecule has 3 aromatic carbocycles. The number of carbonyl (C=O) groups excluding carboxylic acids is 2. The Hall–Kier alpha value is -3.80. The minimum atomic E-state index is -0.409. The minimum absolute atomic E-state index is 0.0575. The van der Waals surface area contributed by atoms with E-state index in [1.807, 2.05) is 12.1 Å². The predicted molar refractivity (Wildman–Crippen MR) is 98.9 cm³/mol. The van der Waals surface area contributed by atoms with Crippen LogP contribution >= 0.6 is 0 Å². The van der Waals surface area contributed by atoms with E-state index in [0.29, 0.717) is 23.2 Å². The fourth-order valence-electron chi connectivity index (χ4n) is 3.86. The van der Waals surface area contributed by atoms with Crippen molar-refractivity contribution >= 4 is 23.2 Å². The van der Waals surface area contributed by atoms with Crippen LogP contribution in [0.1, 0.15) is 31.8 Å². The van der Waals surface area contributed by atoms with Gasteiger partial charge in [-0.15, -0.1) is 0 Å². The molecule has 1 aliphatic carbocycles. The van der Waals surface area contributed by atoms with Crippen molar-refractivity contribution < 1.29 is 14.5 Å². The molecule has 2 aliphatic rings. The second-order valence-electron chi connectivity index (χ2n) is 6.61. The number of nitrogens with zero attached hydrogens (tertiary/aromatic N) is 2. The number of hydrogen-bond donors (Lipinski definition) is 0. The van der Waals surface area contributed by atoms with Crippen LogP contribution in [0.4, 0.5) is 11.4 Å². The van der Waals surface area contributed by atoms with Crippen molar-refractivity contribution in [2.45, 2.75) is 6.42 Å². The van der Waals surface area contributed by atoms with Gasteiger partial charge in [-0.25, -0.2) is 4.90 Å². The second kappa shape index (κ2) is 5.35. The first kappa shape index (κ1) is 15.5. The summed E-state index contributed by atoms with van der Waals surface area (Å²) in [7, 11) is 0. The predicted octanol–water partition coefficient (Wildman–Crippen LogP) is 3.97. The number of nitro groups is 1. The number of anilines is 1. The van der Waals surface area contributed by atoms with Crippen LogP contribution < -0.4 is 4.90 Å². The number of benzene rings is 3. The molecule has 6 heteroatoms. The van der Waals surface area contributed by atoms with Gasteiger partial charge in [0.1, 0.15) is 0 Å². The van der Waals surface area contributed by atoms with Crippen LogP contribution in [0.5, 0.6) is 0 Å². The summed E-state index contributed by atoms with van der Waals surface area (Å²) in [4.78, 5) is 37.1. The quantitative estimate of drug-likeness (QED) is 0.309. The number of rotatable bonds is 2. The van der Waals surface area contributed by atoms with Gasteiger partial charge in [-0.3, -0.25) is 19.7 Å². The molecule has 1 heterocycles. The van der Waals surface area contributed by atoms with E-state index in [4.69, 9.17) is 0 Å². The lowest BCUT2D eigenvalue weighted by molar-refractivity contribution is -0.384. The molecule has 0 unspecified atom stereocenters. The Bertz CT molecular complexity index is 1150. The van der Waals surface area contributed by atoms with Crippen molar-refractivity contribution in [3.8, 4) is 11.1 Å². The minimum Gasteiger partial charge on any atom is -0.268 e. The Labute approximate surface area is 153 Å². The molecule has 0 fully saturated rings. The maximum Gasteiger partial charge on any atom is 0.269 e. The van der Waals surface area contributed by atoms with Gasteiger partial charge in [0.15, 0.2) is 0 Å². The van der Waals surface area contributed by atoms with Crippen LogP contribution in [0.2, 0.25) is 0 Å². The van der Waals surface area contributed by atoms with Crippen molar-refractivity contribution in [1.82, 2.24) is 0 Å². The average Bonchev–Trinajstić information content (AvgIpc) is 3.16. The molecule has 0 bridgehead atoms. The van der Waals surface area contributed by atoms with Crippen LogP contribution in [-0.4, -0.2) is 16.7 Å². The molecular formula is C21H12N2O4. The molecule has 130 valence electrons. The molecule has 3 aromatic rings. The molecule has 27 heavy (non-hydrogen) atoms. The standard InChI is InChI=1S/C21H12N2O4/c24-20-18-3-1-2-4-19(18)21(25)22(20)14-5-7-16-12(10-14)9-13-11-15(23(26)27)6-8-17(13)16/h1-8,10-11H,9H2. The van der Waals surface area contributed by atoms with E-state index in [1.165, 1.54) is 11.0 Å². The van der Waals surface area contributed by atoms with Gasteiger partial charge in [-0.05, 0) is 59.0 Å². The number of non-ortho nitro benzene ring substituents is 1. The van der Waals surface area contributed by atoms with Gasteiger partial charge in [0, 0.05) is 12.1 Å². The van der Waals surface area contributed by atoms with Crippen molar-refractivity contribution in [1.29, 1.82) is 0 Å². The molecule has 6 nitrogen and oxygen atoms in total. The lowest BCUT2D eigenvalue weighted by Crippen LogP contribution is -2.29. The summed E-state index contributed by atoms with van der Waals surface area (Å²) >= 11 is 0. The third kappa shape index (κ3) is 2.13. The molecule has 1 aliphatic heterocycles. The summed E-state index contributed by atoms with van der Waals surface area (Å²) in [5, 5.41) is 11.0. The SMILES string of the molecule is O=C1c2ccccc2C(=O)N1c1ccc2c(c1)Cc1cc([N+](=O)[O-])ccc1-2. The molecule has 0 atom stereocenters. The zero-order valence-corrected chi connectivity index (χ0v) is 14.0. The highest BCUT2D eigenvalue weighted by Gasteiger charge is 2.36. The van der Waals surface area contributed by atoms with Gasteiger partial charge in [0.25, 0.3) is 17.5 Å². The summed E-state index contributed by atoms with van der Waals surface area (Å²) in [5.74, 6) is -0.664. The normalized spacial score (nSPS) is 14.1. The van der Waals surface area contributed by atoms with Gasteiger partial charge in [0.05, 0.1) is 21.7 Å².